The molecule has 0 unspecified atom stereocenters. The van der Waals surface area contributed by atoms with E-state index in [1.165, 1.54) is 0 Å². The topological polar surface area (TPSA) is 110 Å². The van der Waals surface area contributed by atoms with Gasteiger partial charge < -0.3 is 4.74 Å². The Labute approximate surface area is 166 Å². The summed E-state index contributed by atoms with van der Waals surface area (Å²) in [5.41, 5.74) is 1.39. The van der Waals surface area contributed by atoms with Gasteiger partial charge in [0.25, 0.3) is 15.9 Å². The minimum Gasteiger partial charge on any atom is -0.492 e. The third-order valence-corrected chi connectivity index (χ3v) is 6.21. The van der Waals surface area contributed by atoms with Crippen molar-refractivity contribution in [2.24, 2.45) is 0 Å². The molecule has 0 bridgehead atoms. The van der Waals surface area contributed by atoms with E-state index in [4.69, 9.17) is 4.74 Å². The molecule has 8 nitrogen and oxygen atoms in total. The van der Waals surface area contributed by atoms with E-state index in [2.05, 4.69) is 20.2 Å². The van der Waals surface area contributed by atoms with Gasteiger partial charge in [-0.05, 0) is 31.2 Å². The molecule has 0 atom stereocenters. The van der Waals surface area contributed by atoms with Crippen molar-refractivity contribution in [3.63, 3.8) is 0 Å². The van der Waals surface area contributed by atoms with Crippen LogP contribution in [0.15, 0.2) is 58.9 Å². The first-order valence-electron chi connectivity index (χ1n) is 8.33. The van der Waals surface area contributed by atoms with Crippen molar-refractivity contribution in [2.45, 2.75) is 11.3 Å². The first-order chi connectivity index (χ1) is 13.4. The van der Waals surface area contributed by atoms with E-state index < -0.39 is 10.0 Å². The lowest BCUT2D eigenvalue weighted by Gasteiger charge is -2.06. The normalized spacial score (nSPS) is 11.2. The number of para-hydroxylation sites is 1. The molecule has 0 spiro atoms. The molecule has 10 heteroatoms. The van der Waals surface area contributed by atoms with Gasteiger partial charge in [0, 0.05) is 12.1 Å². The molecule has 0 fully saturated rings. The molecule has 0 aliphatic rings. The molecule has 3 aromatic rings. The number of hydrogen-bond acceptors (Lipinski definition) is 7. The van der Waals surface area contributed by atoms with Crippen LogP contribution in [-0.4, -0.2) is 37.7 Å². The van der Waals surface area contributed by atoms with E-state index in [1.54, 1.807) is 30.3 Å². The largest absolute Gasteiger partial charge is 0.492 e. The SMILES string of the molecule is Cc1cccc(C(=O)Nc2nnc(S(=O)(=O)NCCOc3ccccc3)s2)c1. The quantitative estimate of drug-likeness (QED) is 0.429. The zero-order valence-corrected chi connectivity index (χ0v) is 16.6. The van der Waals surface area contributed by atoms with Gasteiger partial charge in [-0.25, -0.2) is 13.1 Å². The molecule has 1 aromatic heterocycles. The maximum Gasteiger partial charge on any atom is 0.269 e. The Morgan fingerprint density at radius 1 is 1.11 bits per heavy atom. The van der Waals surface area contributed by atoms with Gasteiger partial charge in [0.1, 0.15) is 12.4 Å². The van der Waals surface area contributed by atoms with Gasteiger partial charge in [-0.1, -0.05) is 47.2 Å². The van der Waals surface area contributed by atoms with Crippen LogP contribution in [-0.2, 0) is 10.0 Å². The Kier molecular flexibility index (Phi) is 6.34. The Balaban J connectivity index is 1.55. The van der Waals surface area contributed by atoms with E-state index in [9.17, 15) is 13.2 Å². The van der Waals surface area contributed by atoms with Gasteiger partial charge >= 0.3 is 0 Å². The number of nitrogens with zero attached hydrogens (tertiary/aromatic N) is 2. The fourth-order valence-electron chi connectivity index (χ4n) is 2.25. The van der Waals surface area contributed by atoms with Crippen LogP contribution < -0.4 is 14.8 Å². The maximum absolute atomic E-state index is 12.3. The molecule has 1 heterocycles. The van der Waals surface area contributed by atoms with Gasteiger partial charge in [-0.3, -0.25) is 10.1 Å². The molecule has 28 heavy (non-hydrogen) atoms. The maximum atomic E-state index is 12.3. The highest BCUT2D eigenvalue weighted by molar-refractivity contribution is 7.91. The number of carbonyl (C=O) groups excluding carboxylic acids is 1. The Hall–Kier alpha value is -2.82. The molecular formula is C18H18N4O4S2. The zero-order valence-electron chi connectivity index (χ0n) is 15.0. The number of nitrogens with one attached hydrogen (secondary N) is 2. The lowest BCUT2D eigenvalue weighted by atomic mass is 10.1. The number of amides is 1. The summed E-state index contributed by atoms with van der Waals surface area (Å²) < 4.78 is 32.2. The molecule has 3 rings (SSSR count). The van der Waals surface area contributed by atoms with Crippen molar-refractivity contribution in [1.29, 1.82) is 0 Å². The molecule has 146 valence electrons. The van der Waals surface area contributed by atoms with Crippen molar-refractivity contribution >= 4 is 32.4 Å². The Bertz CT molecular complexity index is 1050. The number of anilines is 1. The number of hydrogen-bond donors (Lipinski definition) is 2. The van der Waals surface area contributed by atoms with Crippen LogP contribution in [0.4, 0.5) is 5.13 Å². The third kappa shape index (κ3) is 5.35. The number of ether oxygens (including phenoxy) is 1. The molecule has 2 N–H and O–H groups in total. The average molecular weight is 419 g/mol. The van der Waals surface area contributed by atoms with Crippen molar-refractivity contribution in [3.05, 3.63) is 65.7 Å². The smallest absolute Gasteiger partial charge is 0.269 e. The molecule has 1 amide bonds. The minimum absolute atomic E-state index is 0.0712. The number of rotatable bonds is 8. The monoisotopic (exact) mass is 418 g/mol. The third-order valence-electron chi connectivity index (χ3n) is 3.54. The summed E-state index contributed by atoms with van der Waals surface area (Å²) in [4.78, 5) is 12.2. The molecule has 0 aliphatic heterocycles. The molecule has 0 aliphatic carbocycles. The van der Waals surface area contributed by atoms with Crippen LogP contribution in [0.5, 0.6) is 5.75 Å². The standard InChI is InChI=1S/C18H18N4O4S2/c1-13-6-5-7-14(12-13)16(23)20-17-21-22-18(27-17)28(24,25)19-10-11-26-15-8-3-2-4-9-15/h2-9,12,19H,10-11H2,1H3,(H,20,21,23). The highest BCUT2D eigenvalue weighted by atomic mass is 32.2. The summed E-state index contributed by atoms with van der Waals surface area (Å²) in [5, 5.41) is 10.0. The molecule has 2 aromatic carbocycles. The summed E-state index contributed by atoms with van der Waals surface area (Å²) in [5.74, 6) is 0.270. The minimum atomic E-state index is -3.84. The number of sulfonamides is 1. The first-order valence-corrected chi connectivity index (χ1v) is 10.6. The highest BCUT2D eigenvalue weighted by Crippen LogP contribution is 2.20. The van der Waals surface area contributed by atoms with Crippen LogP contribution >= 0.6 is 11.3 Å². The zero-order chi connectivity index (χ0) is 20.0. The molecule has 0 radical (unpaired) electrons. The van der Waals surface area contributed by atoms with E-state index in [0.717, 1.165) is 16.9 Å². The Morgan fingerprint density at radius 2 is 1.89 bits per heavy atom. The molecule has 0 saturated heterocycles. The van der Waals surface area contributed by atoms with Crippen molar-refractivity contribution in [3.8, 4) is 5.75 Å². The second-order valence-electron chi connectivity index (χ2n) is 5.76. The molecule has 0 saturated carbocycles. The second kappa shape index (κ2) is 8.91. The van der Waals surface area contributed by atoms with Gasteiger partial charge in [-0.15, -0.1) is 10.2 Å². The van der Waals surface area contributed by atoms with Crippen LogP contribution in [0.2, 0.25) is 0 Å². The van der Waals surface area contributed by atoms with Gasteiger partial charge in [-0.2, -0.15) is 0 Å². The van der Waals surface area contributed by atoms with Crippen LogP contribution in [0, 0.1) is 6.92 Å². The van der Waals surface area contributed by atoms with Crippen molar-refractivity contribution < 1.29 is 17.9 Å². The summed E-state index contributed by atoms with van der Waals surface area (Å²) in [6, 6.07) is 16.1. The van der Waals surface area contributed by atoms with Crippen LogP contribution in [0.1, 0.15) is 15.9 Å². The van der Waals surface area contributed by atoms with Gasteiger partial charge in [0.15, 0.2) is 0 Å². The number of carbonyl (C=O) groups is 1. The second-order valence-corrected chi connectivity index (χ2v) is 8.67. The predicted octanol–water partition coefficient (Wildman–Crippen LogP) is 2.46. The number of benzene rings is 2. The van der Waals surface area contributed by atoms with Crippen molar-refractivity contribution in [2.75, 3.05) is 18.5 Å². The average Bonchev–Trinajstić information content (AvgIpc) is 3.16. The lowest BCUT2D eigenvalue weighted by molar-refractivity contribution is 0.102. The summed E-state index contributed by atoms with van der Waals surface area (Å²) in [6.45, 7) is 2.11. The van der Waals surface area contributed by atoms with Gasteiger partial charge in [0.05, 0.1) is 0 Å². The van der Waals surface area contributed by atoms with E-state index in [0.29, 0.717) is 11.3 Å². The van der Waals surface area contributed by atoms with Gasteiger partial charge in [0.2, 0.25) is 9.47 Å². The fourth-order valence-corrected chi connectivity index (χ4v) is 4.20. The van der Waals surface area contributed by atoms with E-state index >= 15 is 0 Å². The van der Waals surface area contributed by atoms with Crippen LogP contribution in [0.25, 0.3) is 0 Å². The number of aryl methyl sites for hydroxylation is 1. The van der Waals surface area contributed by atoms with E-state index in [1.807, 2.05) is 31.2 Å². The van der Waals surface area contributed by atoms with Crippen LogP contribution in [0.3, 0.4) is 0 Å². The lowest BCUT2D eigenvalue weighted by Crippen LogP contribution is -2.28. The summed E-state index contributed by atoms with van der Waals surface area (Å²) in [6.07, 6.45) is 0. The summed E-state index contributed by atoms with van der Waals surface area (Å²) in [7, 11) is -3.84. The highest BCUT2D eigenvalue weighted by Gasteiger charge is 2.20. The first kappa shape index (κ1) is 19.9. The predicted molar refractivity (Wildman–Crippen MR) is 106 cm³/mol. The van der Waals surface area contributed by atoms with Crippen molar-refractivity contribution in [1.82, 2.24) is 14.9 Å². The fraction of sp³-hybridized carbons (Fsp3) is 0.167. The Morgan fingerprint density at radius 3 is 2.64 bits per heavy atom. The molecular weight excluding hydrogens is 400 g/mol. The van der Waals surface area contributed by atoms with E-state index in [-0.39, 0.29) is 28.5 Å². The number of aromatic nitrogens is 2. The summed E-state index contributed by atoms with van der Waals surface area (Å²) >= 11 is 0.776.